The second-order valence-electron chi connectivity index (χ2n) is 6.28. The van der Waals surface area contributed by atoms with Crippen molar-refractivity contribution in [3.8, 4) is 5.75 Å². The zero-order valence-corrected chi connectivity index (χ0v) is 17.9. The Morgan fingerprint density at radius 2 is 1.81 bits per heavy atom. The molecular weight excluding hydrogens is 426 g/mol. The van der Waals surface area contributed by atoms with Gasteiger partial charge in [0.1, 0.15) is 22.8 Å². The van der Waals surface area contributed by atoms with Gasteiger partial charge in [0.15, 0.2) is 0 Å². The molecule has 0 atom stereocenters. The highest BCUT2D eigenvalue weighted by molar-refractivity contribution is 7.89. The number of hydrogen-bond acceptors (Lipinski definition) is 8. The molecule has 3 aromatic rings. The molecule has 0 aliphatic carbocycles. The van der Waals surface area contributed by atoms with Crippen molar-refractivity contribution in [1.29, 1.82) is 0 Å². The van der Waals surface area contributed by atoms with Crippen LogP contribution in [0.2, 0.25) is 0 Å². The van der Waals surface area contributed by atoms with E-state index in [0.29, 0.717) is 16.5 Å². The number of methoxy groups -OCH3 is 1. The van der Waals surface area contributed by atoms with Gasteiger partial charge in [-0.25, -0.2) is 22.7 Å². The number of sulfonamides is 1. The van der Waals surface area contributed by atoms with E-state index < -0.39 is 22.0 Å². The fourth-order valence-corrected chi connectivity index (χ4v) is 3.87. The third-order valence-corrected chi connectivity index (χ3v) is 5.90. The van der Waals surface area contributed by atoms with Crippen molar-refractivity contribution in [1.82, 2.24) is 4.72 Å². The highest BCUT2D eigenvalue weighted by Gasteiger charge is 2.24. The summed E-state index contributed by atoms with van der Waals surface area (Å²) in [6.07, 6.45) is 0. The van der Waals surface area contributed by atoms with Crippen molar-refractivity contribution < 1.29 is 36.6 Å². The summed E-state index contributed by atoms with van der Waals surface area (Å²) in [5, 5.41) is 0.603. The zero-order chi connectivity index (χ0) is 22.6. The van der Waals surface area contributed by atoms with Crippen molar-refractivity contribution in [2.45, 2.75) is 18.4 Å². The summed E-state index contributed by atoms with van der Waals surface area (Å²) in [5.41, 5.74) is 0.808. The predicted octanol–water partition coefficient (Wildman–Crippen LogP) is 2.88. The van der Waals surface area contributed by atoms with E-state index in [2.05, 4.69) is 4.72 Å². The maximum atomic E-state index is 12.6. The molecule has 1 aromatic heterocycles. The highest BCUT2D eigenvalue weighted by Crippen LogP contribution is 2.28. The van der Waals surface area contributed by atoms with Gasteiger partial charge < -0.3 is 18.6 Å². The number of furan rings is 1. The molecule has 0 aliphatic heterocycles. The molecule has 1 N–H and O–H groups in total. The average molecular weight is 447 g/mol. The number of rotatable bonds is 8. The molecule has 0 fully saturated rings. The number of para-hydroxylation sites is 1. The van der Waals surface area contributed by atoms with Gasteiger partial charge in [-0.05, 0) is 38.2 Å². The number of hydrogen-bond donors (Lipinski definition) is 1. The van der Waals surface area contributed by atoms with Crippen molar-refractivity contribution in [3.05, 3.63) is 59.4 Å². The van der Waals surface area contributed by atoms with Gasteiger partial charge in [0.05, 0.1) is 24.8 Å². The minimum Gasteiger partial charge on any atom is -0.495 e. The Labute approximate surface area is 178 Å². The highest BCUT2D eigenvalue weighted by atomic mass is 32.2. The second-order valence-corrected chi connectivity index (χ2v) is 8.13. The zero-order valence-electron chi connectivity index (χ0n) is 17.1. The Kier molecular flexibility index (Phi) is 6.62. The minimum atomic E-state index is -3.87. The fraction of sp³-hybridized carbons (Fsp3) is 0.238. The summed E-state index contributed by atoms with van der Waals surface area (Å²) in [6, 6.07) is 10.8. The van der Waals surface area contributed by atoms with Crippen molar-refractivity contribution in [3.63, 3.8) is 0 Å². The van der Waals surface area contributed by atoms with E-state index in [1.165, 1.54) is 26.3 Å². The average Bonchev–Trinajstić information content (AvgIpc) is 3.16. The van der Waals surface area contributed by atoms with Gasteiger partial charge in [-0.3, -0.25) is 0 Å². The van der Waals surface area contributed by atoms with Crippen LogP contribution in [0, 0.1) is 0 Å². The molecule has 0 bridgehead atoms. The molecule has 3 rings (SSSR count). The van der Waals surface area contributed by atoms with E-state index in [9.17, 15) is 18.0 Å². The maximum absolute atomic E-state index is 12.6. The first-order valence-corrected chi connectivity index (χ1v) is 10.8. The first-order valence-electron chi connectivity index (χ1n) is 9.28. The molecule has 9 nitrogen and oxygen atoms in total. The largest absolute Gasteiger partial charge is 0.495 e. The topological polar surface area (TPSA) is 121 Å². The van der Waals surface area contributed by atoms with Gasteiger partial charge in [-0.1, -0.05) is 18.2 Å². The lowest BCUT2D eigenvalue weighted by atomic mass is 10.1. The number of esters is 2. The van der Waals surface area contributed by atoms with E-state index in [1.54, 1.807) is 31.2 Å². The molecule has 31 heavy (non-hydrogen) atoms. The van der Waals surface area contributed by atoms with Crippen LogP contribution < -0.4 is 9.46 Å². The Morgan fingerprint density at radius 3 is 2.48 bits per heavy atom. The third-order valence-electron chi connectivity index (χ3n) is 4.46. The molecule has 0 aliphatic rings. The summed E-state index contributed by atoms with van der Waals surface area (Å²) in [6.45, 7) is 1.55. The molecular formula is C21H21NO8S. The maximum Gasteiger partial charge on any atom is 0.374 e. The van der Waals surface area contributed by atoms with E-state index in [1.807, 2.05) is 0 Å². The summed E-state index contributed by atoms with van der Waals surface area (Å²) >= 11 is 0. The lowest BCUT2D eigenvalue weighted by Gasteiger charge is -2.11. The molecule has 164 valence electrons. The van der Waals surface area contributed by atoms with E-state index in [-0.39, 0.29) is 35.2 Å². The number of nitrogens with one attached hydrogen (secondary N) is 1. The molecule has 0 radical (unpaired) electrons. The van der Waals surface area contributed by atoms with Crippen LogP contribution in [0.4, 0.5) is 0 Å². The van der Waals surface area contributed by atoms with Gasteiger partial charge in [0, 0.05) is 5.39 Å². The molecule has 2 aromatic carbocycles. The lowest BCUT2D eigenvalue weighted by Crippen LogP contribution is -2.20. The van der Waals surface area contributed by atoms with Gasteiger partial charge in [-0.2, -0.15) is 0 Å². The van der Waals surface area contributed by atoms with Crippen molar-refractivity contribution in [2.75, 3.05) is 20.8 Å². The van der Waals surface area contributed by atoms with Crippen LogP contribution in [0.3, 0.4) is 0 Å². The Balaban J connectivity index is 1.91. The quantitative estimate of drug-likeness (QED) is 0.523. The van der Waals surface area contributed by atoms with Crippen LogP contribution >= 0.6 is 0 Å². The number of fused-ring (bicyclic) bond motifs is 1. The number of ether oxygens (including phenoxy) is 3. The van der Waals surface area contributed by atoms with Crippen LogP contribution in [0.1, 0.15) is 33.4 Å². The van der Waals surface area contributed by atoms with Crippen LogP contribution in [0.25, 0.3) is 11.0 Å². The smallest absolute Gasteiger partial charge is 0.374 e. The summed E-state index contributed by atoms with van der Waals surface area (Å²) in [4.78, 5) is 24.7. The third kappa shape index (κ3) is 4.54. The summed E-state index contributed by atoms with van der Waals surface area (Å²) < 4.78 is 47.7. The Morgan fingerprint density at radius 1 is 1.06 bits per heavy atom. The first kappa shape index (κ1) is 22.3. The molecule has 0 unspecified atom stereocenters. The van der Waals surface area contributed by atoms with Crippen molar-refractivity contribution in [2.24, 2.45) is 0 Å². The second kappa shape index (κ2) is 9.19. The Hall–Kier alpha value is -3.37. The summed E-state index contributed by atoms with van der Waals surface area (Å²) in [7, 11) is -1.29. The standard InChI is InChI=1S/C21H21NO8S/c1-4-28-21(24)19-15(14-7-5-6-8-16(14)30-19)12-29-20(23)13-9-10-17(27-3)18(11-13)31(25,26)22-2/h5-11,22H,4,12H2,1-3H3. The minimum absolute atomic E-state index is 0.000102. The van der Waals surface area contributed by atoms with Crippen LogP contribution in [-0.2, 0) is 26.1 Å². The summed E-state index contributed by atoms with van der Waals surface area (Å²) in [5.74, 6) is -1.42. The van der Waals surface area contributed by atoms with Crippen LogP contribution in [0.5, 0.6) is 5.75 Å². The lowest BCUT2D eigenvalue weighted by molar-refractivity contribution is 0.0435. The molecule has 0 spiro atoms. The van der Waals surface area contributed by atoms with Gasteiger partial charge in [0.25, 0.3) is 0 Å². The van der Waals surface area contributed by atoms with Gasteiger partial charge in [0.2, 0.25) is 15.8 Å². The number of carbonyl (C=O) groups is 2. The van der Waals surface area contributed by atoms with Crippen LogP contribution in [0.15, 0.2) is 51.8 Å². The Bertz CT molecular complexity index is 1230. The van der Waals surface area contributed by atoms with E-state index >= 15 is 0 Å². The van der Waals surface area contributed by atoms with Crippen molar-refractivity contribution >= 4 is 32.9 Å². The van der Waals surface area contributed by atoms with Gasteiger partial charge in [-0.15, -0.1) is 0 Å². The normalized spacial score (nSPS) is 11.3. The van der Waals surface area contributed by atoms with E-state index in [4.69, 9.17) is 18.6 Å². The fourth-order valence-electron chi connectivity index (χ4n) is 2.95. The molecule has 0 amide bonds. The predicted molar refractivity (Wildman–Crippen MR) is 111 cm³/mol. The number of carbonyl (C=O) groups excluding carboxylic acids is 2. The molecule has 0 saturated carbocycles. The first-order chi connectivity index (χ1) is 14.8. The SMILES string of the molecule is CCOC(=O)c1oc2ccccc2c1COC(=O)c1ccc(OC)c(S(=O)(=O)NC)c1. The van der Waals surface area contributed by atoms with E-state index in [0.717, 1.165) is 6.07 Å². The molecule has 0 saturated heterocycles. The number of benzene rings is 2. The van der Waals surface area contributed by atoms with Crippen LogP contribution in [-0.4, -0.2) is 41.1 Å². The molecule has 1 heterocycles. The molecule has 10 heteroatoms. The van der Waals surface area contributed by atoms with Gasteiger partial charge >= 0.3 is 11.9 Å². The monoisotopic (exact) mass is 447 g/mol.